The Kier molecular flexibility index (Phi) is 5.57. The first-order valence-corrected chi connectivity index (χ1v) is 8.01. The summed E-state index contributed by atoms with van der Waals surface area (Å²) in [6.45, 7) is 3.97. The summed E-state index contributed by atoms with van der Waals surface area (Å²) in [4.78, 5) is 14.5. The molecule has 0 saturated carbocycles. The molecule has 2 aromatic rings. The Morgan fingerprint density at radius 1 is 1.36 bits per heavy atom. The van der Waals surface area contributed by atoms with Gasteiger partial charge in [0.25, 0.3) is 5.91 Å². The van der Waals surface area contributed by atoms with E-state index in [2.05, 4.69) is 23.5 Å². The number of aryl methyl sites for hydroxylation is 1. The molecule has 1 aromatic heterocycles. The fraction of sp³-hybridized carbons (Fsp3) is 0.250. The largest absolute Gasteiger partial charge is 0.496 e. The highest BCUT2D eigenvalue weighted by Crippen LogP contribution is 2.22. The maximum atomic E-state index is 12.2. The van der Waals surface area contributed by atoms with Crippen LogP contribution in [-0.4, -0.2) is 18.7 Å². The van der Waals surface area contributed by atoms with Crippen molar-refractivity contribution in [1.29, 1.82) is 0 Å². The molecule has 4 nitrogen and oxygen atoms in total. The number of benzene rings is 1. The summed E-state index contributed by atoms with van der Waals surface area (Å²) >= 11 is 7.60. The first kappa shape index (κ1) is 16.5. The molecule has 6 heteroatoms. The first-order chi connectivity index (χ1) is 10.5. The van der Waals surface area contributed by atoms with Crippen molar-refractivity contribution in [2.45, 2.75) is 20.3 Å². The third-order valence-electron chi connectivity index (χ3n) is 3.10. The van der Waals surface area contributed by atoms with E-state index >= 15 is 0 Å². The zero-order valence-electron chi connectivity index (χ0n) is 12.6. The number of nitrogens with zero attached hydrogens (tertiary/aromatic N) is 1. The summed E-state index contributed by atoms with van der Waals surface area (Å²) in [5.41, 5.74) is 3.66. The van der Waals surface area contributed by atoms with Gasteiger partial charge in [0.1, 0.15) is 5.75 Å². The van der Waals surface area contributed by atoms with E-state index in [-0.39, 0.29) is 5.91 Å². The lowest BCUT2D eigenvalue weighted by atomic mass is 10.2. The smallest absolute Gasteiger partial charge is 0.275 e. The molecule has 0 spiro atoms. The molecule has 2 rings (SSSR count). The summed E-state index contributed by atoms with van der Waals surface area (Å²) < 4.78 is 5.16. The van der Waals surface area contributed by atoms with Gasteiger partial charge in [-0.3, -0.25) is 4.79 Å². The van der Waals surface area contributed by atoms with Crippen LogP contribution in [0.25, 0.3) is 0 Å². The second-order valence-corrected chi connectivity index (χ2v) is 6.21. The first-order valence-electron chi connectivity index (χ1n) is 6.82. The molecule has 1 aromatic carbocycles. The number of halogens is 1. The fourth-order valence-corrected chi connectivity index (χ4v) is 2.93. The van der Waals surface area contributed by atoms with Crippen LogP contribution in [0.5, 0.6) is 5.75 Å². The maximum Gasteiger partial charge on any atom is 0.275 e. The summed E-state index contributed by atoms with van der Waals surface area (Å²) in [5, 5.41) is 4.62. The number of amides is 1. The van der Waals surface area contributed by atoms with Crippen LogP contribution in [0.1, 0.15) is 34.0 Å². The molecule has 0 unspecified atom stereocenters. The van der Waals surface area contributed by atoms with Gasteiger partial charge in [0.15, 0.2) is 0 Å². The number of rotatable bonds is 5. The van der Waals surface area contributed by atoms with Crippen LogP contribution < -0.4 is 10.2 Å². The van der Waals surface area contributed by atoms with Crippen LogP contribution in [0.4, 0.5) is 0 Å². The minimum Gasteiger partial charge on any atom is -0.496 e. The molecule has 0 atom stereocenters. The van der Waals surface area contributed by atoms with Crippen molar-refractivity contribution < 1.29 is 9.53 Å². The van der Waals surface area contributed by atoms with Crippen molar-refractivity contribution >= 4 is 34.6 Å². The minimum absolute atomic E-state index is 0.354. The molecular weight excluding hydrogens is 320 g/mol. The minimum atomic E-state index is -0.356. The number of methoxy groups -OCH3 is 1. The van der Waals surface area contributed by atoms with Crippen molar-refractivity contribution in [3.05, 3.63) is 50.7 Å². The molecule has 1 amide bonds. The van der Waals surface area contributed by atoms with Gasteiger partial charge >= 0.3 is 0 Å². The van der Waals surface area contributed by atoms with E-state index in [9.17, 15) is 4.79 Å². The molecule has 0 aliphatic heterocycles. The molecule has 0 saturated heterocycles. The molecule has 0 fully saturated rings. The Hall–Kier alpha value is -1.85. The molecular formula is C16H17ClN2O2S. The van der Waals surface area contributed by atoms with Gasteiger partial charge in [-0.2, -0.15) is 5.10 Å². The number of carbonyl (C=O) groups excluding carboxylic acids is 1. The number of hydrogen-bond acceptors (Lipinski definition) is 4. The number of nitrogens with one attached hydrogen (secondary N) is 1. The lowest BCUT2D eigenvalue weighted by molar-refractivity contribution is 0.0952. The van der Waals surface area contributed by atoms with Crippen molar-refractivity contribution in [2.75, 3.05) is 7.11 Å². The van der Waals surface area contributed by atoms with Gasteiger partial charge in [-0.25, -0.2) is 5.43 Å². The zero-order chi connectivity index (χ0) is 16.1. The molecule has 1 N–H and O–H groups in total. The van der Waals surface area contributed by atoms with Crippen LogP contribution in [-0.2, 0) is 6.42 Å². The van der Waals surface area contributed by atoms with E-state index in [1.807, 2.05) is 13.0 Å². The molecule has 22 heavy (non-hydrogen) atoms. The highest BCUT2D eigenvalue weighted by Gasteiger charge is 2.12. The Bertz CT molecular complexity index is 710. The lowest BCUT2D eigenvalue weighted by Crippen LogP contribution is -2.19. The van der Waals surface area contributed by atoms with Gasteiger partial charge in [0.05, 0.1) is 23.3 Å². The van der Waals surface area contributed by atoms with E-state index in [1.54, 1.807) is 29.5 Å². The predicted molar refractivity (Wildman–Crippen MR) is 91.4 cm³/mol. The maximum absolute atomic E-state index is 12.2. The molecule has 0 aliphatic carbocycles. The van der Waals surface area contributed by atoms with E-state index in [1.165, 1.54) is 12.0 Å². The third kappa shape index (κ3) is 3.87. The number of hydrogen-bond donors (Lipinski definition) is 1. The Morgan fingerprint density at radius 2 is 2.14 bits per heavy atom. The summed E-state index contributed by atoms with van der Waals surface area (Å²) in [6.07, 6.45) is 0.990. The van der Waals surface area contributed by atoms with E-state index < -0.39 is 0 Å². The van der Waals surface area contributed by atoms with Crippen molar-refractivity contribution in [3.8, 4) is 5.75 Å². The highest BCUT2D eigenvalue weighted by molar-refractivity contribution is 7.14. The Morgan fingerprint density at radius 3 is 2.77 bits per heavy atom. The van der Waals surface area contributed by atoms with Gasteiger partial charge in [-0.15, -0.1) is 11.3 Å². The predicted octanol–water partition coefficient (Wildman–Crippen LogP) is 4.13. The highest BCUT2D eigenvalue weighted by atomic mass is 35.5. The monoisotopic (exact) mass is 336 g/mol. The Balaban J connectivity index is 2.15. The Labute approximate surface area is 138 Å². The van der Waals surface area contributed by atoms with Gasteiger partial charge in [0, 0.05) is 9.90 Å². The zero-order valence-corrected chi connectivity index (χ0v) is 14.2. The quantitative estimate of drug-likeness (QED) is 0.659. The SMILES string of the molecule is CCc1ccc(C(C)=NNC(=O)c2cc(Cl)ccc2OC)s1. The third-order valence-corrected chi connectivity index (χ3v) is 4.67. The normalized spacial score (nSPS) is 11.4. The number of carbonyl (C=O) groups is 1. The van der Waals surface area contributed by atoms with Crippen LogP contribution in [0.3, 0.4) is 0 Å². The summed E-state index contributed by atoms with van der Waals surface area (Å²) in [7, 11) is 1.51. The number of thiophene rings is 1. The van der Waals surface area contributed by atoms with Crippen LogP contribution >= 0.6 is 22.9 Å². The fourth-order valence-electron chi connectivity index (χ4n) is 1.87. The average Bonchev–Trinajstić information content (AvgIpc) is 3.01. The second kappa shape index (κ2) is 7.42. The van der Waals surface area contributed by atoms with Gasteiger partial charge in [0.2, 0.25) is 0 Å². The van der Waals surface area contributed by atoms with E-state index in [0.29, 0.717) is 16.3 Å². The molecule has 0 radical (unpaired) electrons. The van der Waals surface area contributed by atoms with Crippen LogP contribution in [0, 0.1) is 0 Å². The van der Waals surface area contributed by atoms with E-state index in [4.69, 9.17) is 16.3 Å². The molecule has 0 aliphatic rings. The topological polar surface area (TPSA) is 50.7 Å². The summed E-state index contributed by atoms with van der Waals surface area (Å²) in [5.74, 6) is 0.102. The van der Waals surface area contributed by atoms with Gasteiger partial charge in [-0.05, 0) is 43.7 Å². The number of ether oxygens (including phenoxy) is 1. The van der Waals surface area contributed by atoms with Crippen molar-refractivity contribution in [1.82, 2.24) is 5.43 Å². The van der Waals surface area contributed by atoms with Crippen molar-refractivity contribution in [3.63, 3.8) is 0 Å². The second-order valence-electron chi connectivity index (χ2n) is 4.60. The molecule has 1 heterocycles. The van der Waals surface area contributed by atoms with Gasteiger partial charge < -0.3 is 4.74 Å². The molecule has 0 bridgehead atoms. The summed E-state index contributed by atoms with van der Waals surface area (Å²) in [6, 6.07) is 8.96. The average molecular weight is 337 g/mol. The van der Waals surface area contributed by atoms with Crippen molar-refractivity contribution in [2.24, 2.45) is 5.10 Å². The van der Waals surface area contributed by atoms with Crippen LogP contribution in [0.15, 0.2) is 35.4 Å². The standard InChI is InChI=1S/C16H17ClN2O2S/c1-4-12-6-8-15(22-12)10(2)18-19-16(20)13-9-11(17)5-7-14(13)21-3/h5-9H,4H2,1-3H3,(H,19,20). The molecule has 116 valence electrons. The number of hydrazone groups is 1. The lowest BCUT2D eigenvalue weighted by Gasteiger charge is -2.07. The van der Waals surface area contributed by atoms with Crippen LogP contribution in [0.2, 0.25) is 5.02 Å². The van der Waals surface area contributed by atoms with E-state index in [0.717, 1.165) is 17.0 Å². The van der Waals surface area contributed by atoms with Gasteiger partial charge in [-0.1, -0.05) is 18.5 Å².